The van der Waals surface area contributed by atoms with E-state index in [4.69, 9.17) is 5.11 Å². The molecule has 0 fully saturated rings. The van der Waals surface area contributed by atoms with Crippen molar-refractivity contribution in [3.63, 3.8) is 0 Å². The molecule has 4 heteroatoms. The van der Waals surface area contributed by atoms with Gasteiger partial charge in [0.05, 0.1) is 5.56 Å². The van der Waals surface area contributed by atoms with Crippen molar-refractivity contribution >= 4 is 16.7 Å². The van der Waals surface area contributed by atoms with Crippen molar-refractivity contribution < 1.29 is 15.0 Å². The van der Waals surface area contributed by atoms with Gasteiger partial charge >= 0.3 is 0 Å². The molecular weight excluding hydrogens is 266 g/mol. The summed E-state index contributed by atoms with van der Waals surface area (Å²) in [4.78, 5) is 14.0. The predicted molar refractivity (Wildman–Crippen MR) is 83.5 cm³/mol. The second kappa shape index (κ2) is 7.09. The lowest BCUT2D eigenvalue weighted by molar-refractivity contribution is 0.0789. The summed E-state index contributed by atoms with van der Waals surface area (Å²) in [7, 11) is 1.73. The smallest absolute Gasteiger partial charge is 0.257 e. The van der Waals surface area contributed by atoms with Gasteiger partial charge in [-0.2, -0.15) is 0 Å². The molecule has 0 aliphatic rings. The van der Waals surface area contributed by atoms with E-state index in [0.29, 0.717) is 12.1 Å². The number of unbranched alkanes of at least 4 members (excludes halogenated alkanes) is 2. The van der Waals surface area contributed by atoms with Crippen LogP contribution in [0.1, 0.15) is 29.6 Å². The number of carbonyl (C=O) groups is 1. The van der Waals surface area contributed by atoms with E-state index in [1.165, 1.54) is 0 Å². The quantitative estimate of drug-likeness (QED) is 0.803. The highest BCUT2D eigenvalue weighted by molar-refractivity contribution is 6.01. The topological polar surface area (TPSA) is 60.8 Å². The molecule has 2 rings (SSSR count). The normalized spacial score (nSPS) is 10.8. The molecule has 0 aliphatic carbocycles. The lowest BCUT2D eigenvalue weighted by Gasteiger charge is -2.18. The van der Waals surface area contributed by atoms with Gasteiger partial charge in [0.1, 0.15) is 5.75 Å². The number of nitrogens with zero attached hydrogens (tertiary/aromatic N) is 1. The van der Waals surface area contributed by atoms with Crippen molar-refractivity contribution in [2.45, 2.75) is 19.3 Å². The molecule has 0 atom stereocenters. The third-order valence-electron chi connectivity index (χ3n) is 3.59. The van der Waals surface area contributed by atoms with Crippen LogP contribution in [0.25, 0.3) is 10.8 Å². The second-order valence-corrected chi connectivity index (χ2v) is 5.23. The number of hydrogen-bond donors (Lipinski definition) is 2. The largest absolute Gasteiger partial charge is 0.507 e. The van der Waals surface area contributed by atoms with Gasteiger partial charge in [-0.25, -0.2) is 0 Å². The third-order valence-corrected chi connectivity index (χ3v) is 3.59. The number of rotatable bonds is 6. The average Bonchev–Trinajstić information content (AvgIpc) is 2.50. The van der Waals surface area contributed by atoms with E-state index in [9.17, 15) is 9.90 Å². The first-order chi connectivity index (χ1) is 10.1. The van der Waals surface area contributed by atoms with E-state index in [1.807, 2.05) is 24.3 Å². The van der Waals surface area contributed by atoms with Crippen LogP contribution in [-0.4, -0.2) is 41.2 Å². The van der Waals surface area contributed by atoms with Gasteiger partial charge in [-0.15, -0.1) is 0 Å². The molecule has 0 bridgehead atoms. The van der Waals surface area contributed by atoms with Crippen LogP contribution >= 0.6 is 0 Å². The summed E-state index contributed by atoms with van der Waals surface area (Å²) in [6, 6.07) is 11.0. The molecule has 0 saturated heterocycles. The van der Waals surface area contributed by atoms with Crippen molar-refractivity contribution in [3.05, 3.63) is 42.0 Å². The van der Waals surface area contributed by atoms with Crippen molar-refractivity contribution in [1.29, 1.82) is 0 Å². The SMILES string of the molecule is CN(CCCCCO)C(=O)c1cc2ccccc2cc1O. The fourth-order valence-corrected chi connectivity index (χ4v) is 2.34. The Morgan fingerprint density at radius 3 is 2.43 bits per heavy atom. The molecule has 1 amide bonds. The molecule has 112 valence electrons. The third kappa shape index (κ3) is 3.73. The molecule has 21 heavy (non-hydrogen) atoms. The van der Waals surface area contributed by atoms with Crippen LogP contribution in [0.5, 0.6) is 5.75 Å². The number of phenolic OH excluding ortho intramolecular Hbond substituents is 1. The number of carbonyl (C=O) groups excluding carboxylic acids is 1. The minimum atomic E-state index is -0.178. The summed E-state index contributed by atoms with van der Waals surface area (Å²) in [6.45, 7) is 0.800. The Kier molecular flexibility index (Phi) is 5.17. The lowest BCUT2D eigenvalue weighted by atomic mass is 10.0. The zero-order chi connectivity index (χ0) is 15.2. The summed E-state index contributed by atoms with van der Waals surface area (Å²) in [5.41, 5.74) is 0.332. The Bertz CT molecular complexity index is 624. The van der Waals surface area contributed by atoms with Crippen molar-refractivity contribution in [2.24, 2.45) is 0 Å². The molecule has 2 aromatic rings. The van der Waals surface area contributed by atoms with Crippen LogP contribution in [0.4, 0.5) is 0 Å². The Morgan fingerprint density at radius 1 is 1.10 bits per heavy atom. The van der Waals surface area contributed by atoms with Crippen LogP contribution in [-0.2, 0) is 0 Å². The Labute approximate surface area is 124 Å². The van der Waals surface area contributed by atoms with Crippen molar-refractivity contribution in [1.82, 2.24) is 4.90 Å². The molecule has 0 aromatic heterocycles. The monoisotopic (exact) mass is 287 g/mol. The van der Waals surface area contributed by atoms with E-state index in [-0.39, 0.29) is 18.3 Å². The van der Waals surface area contributed by atoms with Crippen LogP contribution < -0.4 is 0 Å². The predicted octanol–water partition coefficient (Wildman–Crippen LogP) is 2.78. The zero-order valence-electron chi connectivity index (χ0n) is 12.2. The number of hydrogen-bond acceptors (Lipinski definition) is 3. The zero-order valence-corrected chi connectivity index (χ0v) is 12.2. The highest BCUT2D eigenvalue weighted by Crippen LogP contribution is 2.25. The minimum Gasteiger partial charge on any atom is -0.507 e. The lowest BCUT2D eigenvalue weighted by Crippen LogP contribution is -2.27. The summed E-state index contributed by atoms with van der Waals surface area (Å²) < 4.78 is 0. The van der Waals surface area contributed by atoms with Gasteiger partial charge in [-0.3, -0.25) is 4.79 Å². The number of aromatic hydroxyl groups is 1. The van der Waals surface area contributed by atoms with Gasteiger partial charge in [0, 0.05) is 20.2 Å². The molecule has 0 saturated carbocycles. The van der Waals surface area contributed by atoms with E-state index < -0.39 is 0 Å². The molecule has 2 aromatic carbocycles. The Hall–Kier alpha value is -2.07. The highest BCUT2D eigenvalue weighted by atomic mass is 16.3. The summed E-state index contributed by atoms with van der Waals surface area (Å²) in [5, 5.41) is 20.7. The van der Waals surface area contributed by atoms with Crippen LogP contribution in [0.3, 0.4) is 0 Å². The molecule has 0 aliphatic heterocycles. The minimum absolute atomic E-state index is 0.0147. The van der Waals surface area contributed by atoms with Gasteiger partial charge in [-0.1, -0.05) is 24.3 Å². The summed E-state index contributed by atoms with van der Waals surface area (Å²) >= 11 is 0. The summed E-state index contributed by atoms with van der Waals surface area (Å²) in [6.07, 6.45) is 2.48. The van der Waals surface area contributed by atoms with Crippen LogP contribution in [0.15, 0.2) is 36.4 Å². The Morgan fingerprint density at radius 2 is 1.76 bits per heavy atom. The first kappa shape index (κ1) is 15.3. The van der Waals surface area contributed by atoms with Crippen LogP contribution in [0.2, 0.25) is 0 Å². The van der Waals surface area contributed by atoms with E-state index in [0.717, 1.165) is 30.0 Å². The molecule has 0 spiro atoms. The molecule has 0 unspecified atom stereocenters. The van der Waals surface area contributed by atoms with E-state index in [1.54, 1.807) is 24.1 Å². The molecule has 2 N–H and O–H groups in total. The first-order valence-electron chi connectivity index (χ1n) is 7.21. The second-order valence-electron chi connectivity index (χ2n) is 5.23. The molecule has 0 heterocycles. The van der Waals surface area contributed by atoms with Gasteiger partial charge in [-0.05, 0) is 42.2 Å². The van der Waals surface area contributed by atoms with E-state index >= 15 is 0 Å². The maximum atomic E-state index is 12.4. The van der Waals surface area contributed by atoms with Gasteiger partial charge in [0.25, 0.3) is 5.91 Å². The molecule has 0 radical (unpaired) electrons. The number of fused-ring (bicyclic) bond motifs is 1. The van der Waals surface area contributed by atoms with Crippen LogP contribution in [0, 0.1) is 0 Å². The Balaban J connectivity index is 2.13. The number of amides is 1. The fraction of sp³-hybridized carbons (Fsp3) is 0.353. The molecular formula is C17H21NO3. The fourth-order valence-electron chi connectivity index (χ4n) is 2.34. The highest BCUT2D eigenvalue weighted by Gasteiger charge is 2.16. The molecule has 4 nitrogen and oxygen atoms in total. The van der Waals surface area contributed by atoms with Crippen molar-refractivity contribution in [2.75, 3.05) is 20.2 Å². The number of aliphatic hydroxyl groups excluding tert-OH is 1. The van der Waals surface area contributed by atoms with Gasteiger partial charge in [0.2, 0.25) is 0 Å². The number of benzene rings is 2. The number of phenols is 1. The maximum absolute atomic E-state index is 12.4. The van der Waals surface area contributed by atoms with Crippen molar-refractivity contribution in [3.8, 4) is 5.75 Å². The standard InChI is InChI=1S/C17H21NO3/c1-18(9-5-2-6-10-19)17(21)15-11-13-7-3-4-8-14(13)12-16(15)20/h3-4,7-8,11-12,19-20H,2,5-6,9-10H2,1H3. The average molecular weight is 287 g/mol. The maximum Gasteiger partial charge on any atom is 0.257 e. The number of aliphatic hydroxyl groups is 1. The van der Waals surface area contributed by atoms with E-state index in [2.05, 4.69) is 0 Å². The van der Waals surface area contributed by atoms with Gasteiger partial charge in [0.15, 0.2) is 0 Å². The summed E-state index contributed by atoms with van der Waals surface area (Å²) in [5.74, 6) is -0.164. The van der Waals surface area contributed by atoms with Gasteiger partial charge < -0.3 is 15.1 Å². The first-order valence-corrected chi connectivity index (χ1v) is 7.21.